The van der Waals surface area contributed by atoms with E-state index in [1.165, 1.54) is 0 Å². The summed E-state index contributed by atoms with van der Waals surface area (Å²) in [5, 5.41) is 3.99. The van der Waals surface area contributed by atoms with Crippen LogP contribution in [0.2, 0.25) is 0 Å². The predicted octanol–water partition coefficient (Wildman–Crippen LogP) is 3.46. The smallest absolute Gasteiger partial charge is 0.224 e. The number of amides is 1. The fraction of sp³-hybridized carbons (Fsp3) is 0.273. The van der Waals surface area contributed by atoms with Crippen molar-refractivity contribution in [3.05, 3.63) is 72.4 Å². The summed E-state index contributed by atoms with van der Waals surface area (Å²) in [4.78, 5) is 16.7. The number of fused-ring (bicyclic) bond motifs is 1. The Labute approximate surface area is 159 Å². The van der Waals surface area contributed by atoms with E-state index in [4.69, 9.17) is 10.5 Å². The van der Waals surface area contributed by atoms with Crippen LogP contribution < -0.4 is 15.8 Å². The van der Waals surface area contributed by atoms with Crippen molar-refractivity contribution in [2.45, 2.75) is 19.4 Å². The molecule has 0 aliphatic heterocycles. The molecule has 1 amide bonds. The maximum Gasteiger partial charge on any atom is 0.224 e. The number of carbonyl (C=O) groups is 1. The van der Waals surface area contributed by atoms with Crippen molar-refractivity contribution in [1.82, 2.24) is 10.3 Å². The van der Waals surface area contributed by atoms with Gasteiger partial charge in [0.1, 0.15) is 11.3 Å². The molecule has 3 N–H and O–H groups in total. The quantitative estimate of drug-likeness (QED) is 0.601. The number of nitrogens with one attached hydrogen (secondary N) is 1. The molecule has 3 aromatic rings. The number of nitrogens with zero attached hydrogens (tertiary/aromatic N) is 1. The minimum absolute atomic E-state index is 0.0434. The zero-order valence-corrected chi connectivity index (χ0v) is 15.5. The van der Waals surface area contributed by atoms with Gasteiger partial charge in [-0.15, -0.1) is 0 Å². The highest BCUT2D eigenvalue weighted by atomic mass is 16.5. The van der Waals surface area contributed by atoms with Gasteiger partial charge >= 0.3 is 0 Å². The molecule has 2 unspecified atom stereocenters. The third-order valence-electron chi connectivity index (χ3n) is 4.61. The van der Waals surface area contributed by atoms with Crippen LogP contribution in [-0.2, 0) is 4.79 Å². The number of nitrogens with two attached hydrogens (primary N) is 1. The van der Waals surface area contributed by atoms with Crippen LogP contribution in [0, 0.1) is 5.92 Å². The molecule has 2 aromatic carbocycles. The Bertz CT molecular complexity index is 878. The summed E-state index contributed by atoms with van der Waals surface area (Å²) in [5.74, 6) is 0.424. The van der Waals surface area contributed by atoms with E-state index in [2.05, 4.69) is 10.3 Å². The Morgan fingerprint density at radius 2 is 1.89 bits per heavy atom. The van der Waals surface area contributed by atoms with E-state index in [-0.39, 0.29) is 17.9 Å². The summed E-state index contributed by atoms with van der Waals surface area (Å²) < 4.78 is 5.84. The lowest BCUT2D eigenvalue weighted by Crippen LogP contribution is -2.36. The summed E-state index contributed by atoms with van der Waals surface area (Å²) in [6, 6.07) is 19.2. The van der Waals surface area contributed by atoms with Gasteiger partial charge in [0.05, 0.1) is 12.5 Å². The molecule has 0 saturated heterocycles. The highest BCUT2D eigenvalue weighted by Gasteiger charge is 2.21. The van der Waals surface area contributed by atoms with Gasteiger partial charge in [0.15, 0.2) is 0 Å². The number of benzene rings is 2. The van der Waals surface area contributed by atoms with Gasteiger partial charge in [-0.1, -0.05) is 55.5 Å². The normalized spacial score (nSPS) is 13.1. The summed E-state index contributed by atoms with van der Waals surface area (Å²) in [6.07, 6.45) is 2.47. The van der Waals surface area contributed by atoms with Crippen molar-refractivity contribution < 1.29 is 9.53 Å². The lowest BCUT2D eigenvalue weighted by molar-refractivity contribution is -0.125. The molecule has 0 saturated carbocycles. The van der Waals surface area contributed by atoms with Gasteiger partial charge in [0, 0.05) is 24.2 Å². The summed E-state index contributed by atoms with van der Waals surface area (Å²) in [7, 11) is 0. The average molecular weight is 363 g/mol. The summed E-state index contributed by atoms with van der Waals surface area (Å²) >= 11 is 0. The number of hydrogen-bond acceptors (Lipinski definition) is 4. The summed E-state index contributed by atoms with van der Waals surface area (Å²) in [5.41, 5.74) is 8.02. The van der Waals surface area contributed by atoms with Gasteiger partial charge in [0.25, 0.3) is 0 Å². The molecule has 0 radical (unpaired) electrons. The topological polar surface area (TPSA) is 77.2 Å². The molecule has 0 fully saturated rings. The fourth-order valence-electron chi connectivity index (χ4n) is 2.95. The van der Waals surface area contributed by atoms with E-state index in [9.17, 15) is 4.79 Å². The fourth-order valence-corrected chi connectivity index (χ4v) is 2.95. The van der Waals surface area contributed by atoms with Crippen molar-refractivity contribution in [3.63, 3.8) is 0 Å². The molecular formula is C22H25N3O2. The lowest BCUT2D eigenvalue weighted by atomic mass is 9.95. The predicted molar refractivity (Wildman–Crippen MR) is 107 cm³/mol. The number of carbonyl (C=O) groups excluding carboxylic acids is 1. The first kappa shape index (κ1) is 18.9. The Morgan fingerprint density at radius 3 is 2.70 bits per heavy atom. The van der Waals surface area contributed by atoms with Gasteiger partial charge in [-0.25, -0.2) is 0 Å². The van der Waals surface area contributed by atoms with E-state index < -0.39 is 0 Å². The van der Waals surface area contributed by atoms with Crippen LogP contribution >= 0.6 is 0 Å². The Balaban J connectivity index is 1.44. The molecular weight excluding hydrogens is 338 g/mol. The van der Waals surface area contributed by atoms with Crippen molar-refractivity contribution in [3.8, 4) is 5.75 Å². The molecule has 0 spiro atoms. The minimum Gasteiger partial charge on any atom is -0.491 e. The van der Waals surface area contributed by atoms with E-state index in [1.54, 1.807) is 6.20 Å². The Hall–Kier alpha value is -2.92. The molecule has 5 heteroatoms. The second-order valence-electron chi connectivity index (χ2n) is 6.55. The number of hydrogen-bond donors (Lipinski definition) is 2. The maximum atomic E-state index is 12.3. The molecule has 1 aromatic heterocycles. The highest BCUT2D eigenvalue weighted by molar-refractivity contribution is 5.84. The maximum absolute atomic E-state index is 12.3. The van der Waals surface area contributed by atoms with Crippen molar-refractivity contribution in [2.75, 3.05) is 13.2 Å². The second-order valence-corrected chi connectivity index (χ2v) is 6.55. The third-order valence-corrected chi connectivity index (χ3v) is 4.61. The highest BCUT2D eigenvalue weighted by Crippen LogP contribution is 2.23. The number of rotatable bonds is 8. The molecule has 27 heavy (non-hydrogen) atoms. The second kappa shape index (κ2) is 9.14. The van der Waals surface area contributed by atoms with Crippen molar-refractivity contribution >= 4 is 16.8 Å². The molecule has 140 valence electrons. The number of para-hydroxylation sites is 1. The van der Waals surface area contributed by atoms with Crippen molar-refractivity contribution in [1.29, 1.82) is 0 Å². The minimum atomic E-state index is -0.316. The number of ether oxygens (including phenoxy) is 1. The molecule has 5 nitrogen and oxygen atoms in total. The zero-order chi connectivity index (χ0) is 19.1. The summed E-state index contributed by atoms with van der Waals surface area (Å²) in [6.45, 7) is 2.91. The molecule has 1 heterocycles. The third kappa shape index (κ3) is 4.83. The van der Waals surface area contributed by atoms with Gasteiger partial charge in [-0.05, 0) is 24.1 Å². The Morgan fingerprint density at radius 1 is 1.11 bits per heavy atom. The molecule has 0 aliphatic rings. The first-order chi connectivity index (χ1) is 13.2. The van der Waals surface area contributed by atoms with Crippen molar-refractivity contribution in [2.24, 2.45) is 11.7 Å². The van der Waals surface area contributed by atoms with E-state index >= 15 is 0 Å². The van der Waals surface area contributed by atoms with Gasteiger partial charge in [-0.2, -0.15) is 0 Å². The van der Waals surface area contributed by atoms with E-state index in [0.29, 0.717) is 19.6 Å². The van der Waals surface area contributed by atoms with Crippen LogP contribution in [0.5, 0.6) is 5.75 Å². The number of aromatic nitrogens is 1. The molecule has 2 atom stereocenters. The molecule has 0 bridgehead atoms. The molecule has 0 aliphatic carbocycles. The molecule has 3 rings (SSSR count). The van der Waals surface area contributed by atoms with Gasteiger partial charge in [-0.3, -0.25) is 9.78 Å². The average Bonchev–Trinajstić information content (AvgIpc) is 2.73. The standard InChI is InChI=1S/C22H25N3O2/c1-16(20(23)17-8-3-2-4-9-17)22(26)25-14-7-15-27-19-12-5-10-18-11-6-13-24-21(18)19/h2-6,8-13,16,20H,7,14-15,23H2,1H3,(H,25,26). The Kier molecular flexibility index (Phi) is 6.39. The van der Waals surface area contributed by atoms with Crippen LogP contribution in [0.4, 0.5) is 0 Å². The van der Waals surface area contributed by atoms with E-state index in [1.807, 2.05) is 67.6 Å². The zero-order valence-electron chi connectivity index (χ0n) is 15.5. The van der Waals surface area contributed by atoms with Gasteiger partial charge < -0.3 is 15.8 Å². The first-order valence-corrected chi connectivity index (χ1v) is 9.21. The van der Waals surface area contributed by atoms with Crippen LogP contribution in [0.25, 0.3) is 10.9 Å². The van der Waals surface area contributed by atoms with E-state index in [0.717, 1.165) is 22.2 Å². The SMILES string of the molecule is CC(C(=O)NCCCOc1cccc2cccnc12)C(N)c1ccccc1. The lowest BCUT2D eigenvalue weighted by Gasteiger charge is -2.19. The van der Waals surface area contributed by atoms with Gasteiger partial charge in [0.2, 0.25) is 5.91 Å². The largest absolute Gasteiger partial charge is 0.491 e. The first-order valence-electron chi connectivity index (χ1n) is 9.21. The number of pyridine rings is 1. The van der Waals surface area contributed by atoms with Crippen LogP contribution in [0.3, 0.4) is 0 Å². The van der Waals surface area contributed by atoms with Crippen LogP contribution in [-0.4, -0.2) is 24.0 Å². The van der Waals surface area contributed by atoms with Crippen LogP contribution in [0.1, 0.15) is 24.9 Å². The van der Waals surface area contributed by atoms with Crippen LogP contribution in [0.15, 0.2) is 66.9 Å². The monoisotopic (exact) mass is 363 g/mol.